The molecule has 0 radical (unpaired) electrons. The van der Waals surface area contributed by atoms with E-state index in [9.17, 15) is 9.18 Å². The van der Waals surface area contributed by atoms with Gasteiger partial charge in [0.15, 0.2) is 17.8 Å². The summed E-state index contributed by atoms with van der Waals surface area (Å²) in [5.41, 5.74) is 0.420. The number of rotatable bonds is 6. The molecule has 0 saturated carbocycles. The minimum atomic E-state index is -0.411. The molecule has 0 unspecified atom stereocenters. The van der Waals surface area contributed by atoms with Gasteiger partial charge in [0.25, 0.3) is 0 Å². The Morgan fingerprint density at radius 1 is 1.31 bits per heavy atom. The summed E-state index contributed by atoms with van der Waals surface area (Å²) in [5, 5.41) is 0. The molecule has 0 amide bonds. The highest BCUT2D eigenvalue weighted by molar-refractivity contribution is 7.99. The maximum atomic E-state index is 12.1. The van der Waals surface area contributed by atoms with Crippen molar-refractivity contribution in [2.75, 3.05) is 26.6 Å². The van der Waals surface area contributed by atoms with Crippen molar-refractivity contribution in [3.63, 3.8) is 0 Å². The molecule has 0 aliphatic carbocycles. The van der Waals surface area contributed by atoms with Crippen LogP contribution in [0.15, 0.2) is 17.0 Å². The van der Waals surface area contributed by atoms with Crippen LogP contribution in [0.5, 0.6) is 11.5 Å². The van der Waals surface area contributed by atoms with Crippen molar-refractivity contribution < 1.29 is 18.7 Å². The van der Waals surface area contributed by atoms with Crippen LogP contribution in [-0.2, 0) is 0 Å². The largest absolute Gasteiger partial charge is 0.492 e. The molecule has 0 spiro atoms. The SMILES string of the molecule is COc1c(C=O)ccc(SCCF)c1OC. The Labute approximate surface area is 97.9 Å². The summed E-state index contributed by atoms with van der Waals surface area (Å²) < 4.78 is 22.4. The fraction of sp³-hybridized carbons (Fsp3) is 0.364. The molecular formula is C11H13FO3S. The molecule has 16 heavy (non-hydrogen) atoms. The van der Waals surface area contributed by atoms with Gasteiger partial charge < -0.3 is 9.47 Å². The number of thioether (sulfide) groups is 1. The van der Waals surface area contributed by atoms with Crippen LogP contribution in [-0.4, -0.2) is 32.9 Å². The molecule has 88 valence electrons. The first-order valence-corrected chi connectivity index (χ1v) is 5.66. The molecule has 1 aromatic rings. The number of halogens is 1. The molecule has 0 fully saturated rings. The highest BCUT2D eigenvalue weighted by Gasteiger charge is 2.14. The molecule has 3 nitrogen and oxygen atoms in total. The maximum Gasteiger partial charge on any atom is 0.175 e. The minimum Gasteiger partial charge on any atom is -0.492 e. The Kier molecular flexibility index (Phi) is 5.11. The molecule has 0 atom stereocenters. The van der Waals surface area contributed by atoms with Crippen molar-refractivity contribution in [1.82, 2.24) is 0 Å². The second kappa shape index (κ2) is 6.37. The molecule has 1 rings (SSSR count). The van der Waals surface area contributed by atoms with E-state index >= 15 is 0 Å². The number of carbonyl (C=O) groups is 1. The molecule has 0 aliphatic rings. The summed E-state index contributed by atoms with van der Waals surface area (Å²) in [6, 6.07) is 3.36. The van der Waals surface area contributed by atoms with E-state index in [1.165, 1.54) is 26.0 Å². The van der Waals surface area contributed by atoms with Crippen LogP contribution >= 0.6 is 11.8 Å². The Morgan fingerprint density at radius 2 is 2.00 bits per heavy atom. The van der Waals surface area contributed by atoms with Crippen molar-refractivity contribution in [3.05, 3.63) is 17.7 Å². The van der Waals surface area contributed by atoms with Crippen LogP contribution < -0.4 is 9.47 Å². The quantitative estimate of drug-likeness (QED) is 0.569. The van der Waals surface area contributed by atoms with Gasteiger partial charge in [0.2, 0.25) is 0 Å². The Morgan fingerprint density at radius 3 is 2.50 bits per heavy atom. The third-order valence-electron chi connectivity index (χ3n) is 1.98. The number of benzene rings is 1. The lowest BCUT2D eigenvalue weighted by Gasteiger charge is -2.13. The number of carbonyl (C=O) groups excluding carboxylic acids is 1. The smallest absolute Gasteiger partial charge is 0.175 e. The van der Waals surface area contributed by atoms with E-state index in [0.717, 1.165) is 4.90 Å². The molecule has 0 aromatic heterocycles. The zero-order valence-corrected chi connectivity index (χ0v) is 9.97. The summed E-state index contributed by atoms with van der Waals surface area (Å²) in [5.74, 6) is 1.21. The van der Waals surface area contributed by atoms with Gasteiger partial charge in [-0.25, -0.2) is 0 Å². The van der Waals surface area contributed by atoms with Gasteiger partial charge >= 0.3 is 0 Å². The molecule has 0 N–H and O–H groups in total. The van der Waals surface area contributed by atoms with Crippen LogP contribution in [0.1, 0.15) is 10.4 Å². The molecule has 5 heteroatoms. The number of alkyl halides is 1. The van der Waals surface area contributed by atoms with E-state index in [4.69, 9.17) is 9.47 Å². The van der Waals surface area contributed by atoms with Gasteiger partial charge in [-0.1, -0.05) is 0 Å². The van der Waals surface area contributed by atoms with Crippen molar-refractivity contribution in [2.45, 2.75) is 4.90 Å². The van der Waals surface area contributed by atoms with Crippen molar-refractivity contribution in [3.8, 4) is 11.5 Å². The van der Waals surface area contributed by atoms with Crippen LogP contribution in [0.2, 0.25) is 0 Å². The van der Waals surface area contributed by atoms with Crippen molar-refractivity contribution in [1.29, 1.82) is 0 Å². The van der Waals surface area contributed by atoms with E-state index in [1.54, 1.807) is 12.1 Å². The predicted molar refractivity (Wildman–Crippen MR) is 61.6 cm³/mol. The number of ether oxygens (including phenoxy) is 2. The molecule has 0 bridgehead atoms. The standard InChI is InChI=1S/C11H13FO3S/c1-14-10-8(7-13)3-4-9(11(10)15-2)16-6-5-12/h3-4,7H,5-6H2,1-2H3. The van der Waals surface area contributed by atoms with E-state index in [-0.39, 0.29) is 0 Å². The zero-order valence-electron chi connectivity index (χ0n) is 9.16. The van der Waals surface area contributed by atoms with Crippen molar-refractivity contribution >= 4 is 18.0 Å². The lowest BCUT2D eigenvalue weighted by molar-refractivity contribution is 0.112. The van der Waals surface area contributed by atoms with Gasteiger partial charge in [-0.2, -0.15) is 0 Å². The van der Waals surface area contributed by atoms with E-state index < -0.39 is 6.67 Å². The molecule has 1 aromatic carbocycles. The van der Waals surface area contributed by atoms with E-state index in [0.29, 0.717) is 29.1 Å². The molecule has 0 heterocycles. The summed E-state index contributed by atoms with van der Waals surface area (Å²) >= 11 is 1.32. The van der Waals surface area contributed by atoms with Gasteiger partial charge in [0.05, 0.1) is 31.4 Å². The average Bonchev–Trinajstić information content (AvgIpc) is 2.34. The lowest BCUT2D eigenvalue weighted by Crippen LogP contribution is -1.97. The third-order valence-corrected chi connectivity index (χ3v) is 2.97. The Hall–Kier alpha value is -1.23. The monoisotopic (exact) mass is 244 g/mol. The third kappa shape index (κ3) is 2.66. The van der Waals surface area contributed by atoms with Crippen LogP contribution in [0, 0.1) is 0 Å². The zero-order chi connectivity index (χ0) is 12.0. The maximum absolute atomic E-state index is 12.1. The summed E-state index contributed by atoms with van der Waals surface area (Å²) in [6.45, 7) is -0.411. The van der Waals surface area contributed by atoms with Crippen LogP contribution in [0.4, 0.5) is 4.39 Å². The number of hydrogen-bond donors (Lipinski definition) is 0. The average molecular weight is 244 g/mol. The first-order chi connectivity index (χ1) is 7.78. The fourth-order valence-electron chi connectivity index (χ4n) is 1.32. The van der Waals surface area contributed by atoms with E-state index in [2.05, 4.69) is 0 Å². The second-order valence-corrected chi connectivity index (χ2v) is 4.01. The second-order valence-electron chi connectivity index (χ2n) is 2.87. The van der Waals surface area contributed by atoms with Gasteiger partial charge in [-0.15, -0.1) is 11.8 Å². The Bertz CT molecular complexity index is 368. The Balaban J connectivity index is 3.14. The van der Waals surface area contributed by atoms with Crippen LogP contribution in [0.25, 0.3) is 0 Å². The summed E-state index contributed by atoms with van der Waals surface area (Å²) in [4.78, 5) is 11.5. The topological polar surface area (TPSA) is 35.5 Å². The summed E-state index contributed by atoms with van der Waals surface area (Å²) in [7, 11) is 2.96. The van der Waals surface area contributed by atoms with Gasteiger partial charge in [0, 0.05) is 5.75 Å². The first kappa shape index (κ1) is 12.8. The number of aldehydes is 1. The number of hydrogen-bond acceptors (Lipinski definition) is 4. The molecule has 0 saturated heterocycles. The van der Waals surface area contributed by atoms with Gasteiger partial charge in [0.1, 0.15) is 0 Å². The normalized spacial score (nSPS) is 9.94. The minimum absolute atomic E-state index is 0.347. The van der Waals surface area contributed by atoms with E-state index in [1.807, 2.05) is 0 Å². The van der Waals surface area contributed by atoms with Crippen molar-refractivity contribution in [2.24, 2.45) is 0 Å². The predicted octanol–water partition coefficient (Wildman–Crippen LogP) is 2.58. The first-order valence-electron chi connectivity index (χ1n) is 4.67. The summed E-state index contributed by atoms with van der Waals surface area (Å²) in [6.07, 6.45) is 0.699. The highest BCUT2D eigenvalue weighted by atomic mass is 32.2. The van der Waals surface area contributed by atoms with Gasteiger partial charge in [-0.05, 0) is 12.1 Å². The number of methoxy groups -OCH3 is 2. The van der Waals surface area contributed by atoms with Gasteiger partial charge in [-0.3, -0.25) is 9.18 Å². The van der Waals surface area contributed by atoms with Crippen LogP contribution in [0.3, 0.4) is 0 Å². The fourth-order valence-corrected chi connectivity index (χ4v) is 2.09. The molecular weight excluding hydrogens is 231 g/mol. The molecule has 0 aliphatic heterocycles. The highest BCUT2D eigenvalue weighted by Crippen LogP contribution is 2.39. The lowest BCUT2D eigenvalue weighted by atomic mass is 10.2.